The number of amides is 2. The molecule has 33 heavy (non-hydrogen) atoms. The first kappa shape index (κ1) is 19.2. The van der Waals surface area contributed by atoms with Crippen LogP contribution in [-0.4, -0.2) is 22.0 Å². The minimum Gasteiger partial charge on any atom is -0.315 e. The molecule has 162 valence electrons. The summed E-state index contributed by atoms with van der Waals surface area (Å²) in [7, 11) is 0. The van der Waals surface area contributed by atoms with Crippen LogP contribution < -0.4 is 21.1 Å². The number of aromatic nitrogens is 2. The molecule has 1 aromatic heterocycles. The van der Waals surface area contributed by atoms with Crippen LogP contribution in [0.5, 0.6) is 0 Å². The van der Waals surface area contributed by atoms with E-state index in [0.29, 0.717) is 5.82 Å². The highest BCUT2D eigenvalue weighted by Crippen LogP contribution is 2.33. The Hall–Kier alpha value is -4.52. The number of fused-ring (bicyclic) bond motifs is 2. The van der Waals surface area contributed by atoms with Gasteiger partial charge < -0.3 is 5.32 Å². The quantitative estimate of drug-likeness (QED) is 0.440. The number of hydrogen-bond acceptors (Lipinski definition) is 4. The van der Waals surface area contributed by atoms with E-state index in [2.05, 4.69) is 22.1 Å². The molecule has 2 amide bonds. The molecule has 3 N–H and O–H groups in total. The number of rotatable bonds is 4. The summed E-state index contributed by atoms with van der Waals surface area (Å²) < 4.78 is 1.77. The van der Waals surface area contributed by atoms with Gasteiger partial charge in [-0.25, -0.2) is 9.48 Å². The first-order valence-electron chi connectivity index (χ1n) is 10.9. The van der Waals surface area contributed by atoms with Crippen LogP contribution in [0.25, 0.3) is 16.6 Å². The standard InChI is InChI=1S/C26H22N6O/c33-26(28-25-21-15-9-17-23(21)30-32(25)19-12-5-2-6-13-19)27-24-20-14-7-8-16-22(20)29-31(24)18-10-3-1-4-11-18/h1-17,21,25,30H,(H2,27,28,33). The van der Waals surface area contributed by atoms with Crippen molar-refractivity contribution in [2.45, 2.75) is 6.17 Å². The van der Waals surface area contributed by atoms with Crippen molar-refractivity contribution >= 4 is 28.4 Å². The minimum absolute atomic E-state index is 0.0479. The second-order valence-electron chi connectivity index (χ2n) is 8.01. The average Bonchev–Trinajstić information content (AvgIpc) is 3.55. The second-order valence-corrected chi connectivity index (χ2v) is 8.01. The lowest BCUT2D eigenvalue weighted by Gasteiger charge is -2.28. The number of hydrogen-bond donors (Lipinski definition) is 3. The van der Waals surface area contributed by atoms with Crippen molar-refractivity contribution < 1.29 is 4.79 Å². The van der Waals surface area contributed by atoms with Crippen LogP contribution in [0.3, 0.4) is 0 Å². The van der Waals surface area contributed by atoms with E-state index in [1.54, 1.807) is 4.68 Å². The van der Waals surface area contributed by atoms with Gasteiger partial charge in [0.15, 0.2) is 0 Å². The molecule has 0 bridgehead atoms. The van der Waals surface area contributed by atoms with Crippen molar-refractivity contribution in [3.8, 4) is 5.69 Å². The lowest BCUT2D eigenvalue weighted by molar-refractivity contribution is 0.247. The summed E-state index contributed by atoms with van der Waals surface area (Å²) in [6, 6.07) is 27.3. The third-order valence-corrected chi connectivity index (χ3v) is 5.95. The van der Waals surface area contributed by atoms with E-state index >= 15 is 0 Å². The first-order valence-corrected chi connectivity index (χ1v) is 10.9. The van der Waals surface area contributed by atoms with E-state index in [1.165, 1.54) is 0 Å². The van der Waals surface area contributed by atoms with E-state index in [0.717, 1.165) is 28.0 Å². The molecule has 2 aliphatic rings. The van der Waals surface area contributed by atoms with Gasteiger partial charge in [-0.3, -0.25) is 15.8 Å². The molecule has 6 rings (SSSR count). The molecule has 1 aliphatic carbocycles. The Kier molecular flexibility index (Phi) is 4.58. The van der Waals surface area contributed by atoms with Crippen molar-refractivity contribution in [2.24, 2.45) is 5.92 Å². The van der Waals surface area contributed by atoms with Crippen molar-refractivity contribution in [1.29, 1.82) is 0 Å². The SMILES string of the molecule is O=C(Nc1c2ccccc2nn1-c1ccccc1)NC1C2C=CC=C2NN1c1ccccc1. The van der Waals surface area contributed by atoms with Crippen LogP contribution in [0, 0.1) is 5.92 Å². The Bertz CT molecular complexity index is 1380. The molecule has 7 nitrogen and oxygen atoms in total. The van der Waals surface area contributed by atoms with Gasteiger partial charge in [0.1, 0.15) is 12.0 Å². The van der Waals surface area contributed by atoms with Gasteiger partial charge in [-0.05, 0) is 42.5 Å². The largest absolute Gasteiger partial charge is 0.322 e. The smallest absolute Gasteiger partial charge is 0.315 e. The second kappa shape index (κ2) is 7.87. The number of nitrogens with zero attached hydrogens (tertiary/aromatic N) is 3. The molecule has 0 radical (unpaired) electrons. The summed E-state index contributed by atoms with van der Waals surface area (Å²) in [6.45, 7) is 0. The van der Waals surface area contributed by atoms with E-state index in [-0.39, 0.29) is 18.1 Å². The summed E-state index contributed by atoms with van der Waals surface area (Å²) >= 11 is 0. The lowest BCUT2D eigenvalue weighted by atomic mass is 10.1. The number of benzene rings is 3. The summed E-state index contributed by atoms with van der Waals surface area (Å²) in [4.78, 5) is 13.3. The van der Waals surface area contributed by atoms with E-state index in [1.807, 2.05) is 102 Å². The Morgan fingerprint density at radius 2 is 1.58 bits per heavy atom. The zero-order valence-electron chi connectivity index (χ0n) is 17.7. The highest BCUT2D eigenvalue weighted by molar-refractivity contribution is 6.00. The van der Waals surface area contributed by atoms with Gasteiger partial charge >= 0.3 is 6.03 Å². The predicted octanol–water partition coefficient (Wildman–Crippen LogP) is 4.57. The van der Waals surface area contributed by atoms with Crippen LogP contribution in [0.15, 0.2) is 109 Å². The highest BCUT2D eigenvalue weighted by Gasteiger charge is 2.39. The van der Waals surface area contributed by atoms with Crippen LogP contribution in [0.1, 0.15) is 0 Å². The third kappa shape index (κ3) is 3.40. The maximum absolute atomic E-state index is 13.3. The Balaban J connectivity index is 1.32. The Morgan fingerprint density at radius 3 is 2.36 bits per heavy atom. The lowest BCUT2D eigenvalue weighted by Crippen LogP contribution is -2.51. The van der Waals surface area contributed by atoms with E-state index in [4.69, 9.17) is 5.10 Å². The summed E-state index contributed by atoms with van der Waals surface area (Å²) in [5.41, 5.74) is 7.15. The van der Waals surface area contributed by atoms with Crippen LogP contribution in [0.2, 0.25) is 0 Å². The molecule has 2 atom stereocenters. The fourth-order valence-electron chi connectivity index (χ4n) is 4.41. The van der Waals surface area contributed by atoms with E-state index < -0.39 is 0 Å². The summed E-state index contributed by atoms with van der Waals surface area (Å²) in [6.07, 6.45) is 5.87. The maximum atomic E-state index is 13.3. The molecule has 1 fully saturated rings. The number of anilines is 2. The maximum Gasteiger partial charge on any atom is 0.322 e. The van der Waals surface area contributed by atoms with Crippen molar-refractivity contribution in [3.63, 3.8) is 0 Å². The number of para-hydroxylation sites is 2. The summed E-state index contributed by atoms with van der Waals surface area (Å²) in [5, 5.41) is 13.8. The normalized spacial score (nSPS) is 18.7. The molecule has 3 aromatic carbocycles. The van der Waals surface area contributed by atoms with Gasteiger partial charge in [0, 0.05) is 11.1 Å². The molecule has 2 heterocycles. The predicted molar refractivity (Wildman–Crippen MR) is 130 cm³/mol. The Morgan fingerprint density at radius 1 is 0.879 bits per heavy atom. The third-order valence-electron chi connectivity index (χ3n) is 5.95. The molecular formula is C26H22N6O. The number of nitrogens with one attached hydrogen (secondary N) is 3. The minimum atomic E-state index is -0.299. The molecule has 7 heteroatoms. The zero-order valence-corrected chi connectivity index (χ0v) is 17.7. The molecule has 4 aromatic rings. The first-order chi connectivity index (χ1) is 16.3. The van der Waals surface area contributed by atoms with E-state index in [9.17, 15) is 4.79 Å². The zero-order chi connectivity index (χ0) is 22.2. The highest BCUT2D eigenvalue weighted by atomic mass is 16.2. The van der Waals surface area contributed by atoms with Crippen molar-refractivity contribution in [2.75, 3.05) is 10.3 Å². The molecule has 1 aliphatic heterocycles. The molecule has 2 unspecified atom stereocenters. The molecular weight excluding hydrogens is 412 g/mol. The van der Waals surface area contributed by atoms with Crippen LogP contribution in [-0.2, 0) is 0 Å². The van der Waals surface area contributed by atoms with Crippen LogP contribution in [0.4, 0.5) is 16.3 Å². The fourth-order valence-corrected chi connectivity index (χ4v) is 4.41. The fraction of sp³-hybridized carbons (Fsp3) is 0.0769. The van der Waals surface area contributed by atoms with Crippen molar-refractivity contribution in [1.82, 2.24) is 20.5 Å². The topological polar surface area (TPSA) is 74.2 Å². The number of urea groups is 1. The van der Waals surface area contributed by atoms with Gasteiger partial charge in [-0.15, -0.1) is 0 Å². The Labute approximate surface area is 191 Å². The molecule has 0 saturated carbocycles. The summed E-state index contributed by atoms with van der Waals surface area (Å²) in [5.74, 6) is 0.677. The van der Waals surface area contributed by atoms with Gasteiger partial charge in [0.25, 0.3) is 0 Å². The number of allylic oxidation sites excluding steroid dienone is 2. The van der Waals surface area contributed by atoms with Gasteiger partial charge in [0.2, 0.25) is 0 Å². The van der Waals surface area contributed by atoms with Crippen molar-refractivity contribution in [3.05, 3.63) is 109 Å². The monoisotopic (exact) mass is 434 g/mol. The van der Waals surface area contributed by atoms with Gasteiger partial charge in [0.05, 0.1) is 22.8 Å². The van der Waals surface area contributed by atoms with Gasteiger partial charge in [-0.2, -0.15) is 5.10 Å². The van der Waals surface area contributed by atoms with Gasteiger partial charge in [-0.1, -0.05) is 60.7 Å². The molecule has 1 saturated heterocycles. The number of carbonyl (C=O) groups is 1. The average molecular weight is 435 g/mol. The number of carbonyl (C=O) groups excluding carboxylic acids is 1. The number of hydrazine groups is 1. The van der Waals surface area contributed by atoms with Crippen LogP contribution >= 0.6 is 0 Å². The molecule has 0 spiro atoms.